The average molecular weight is 256 g/mol. The van der Waals surface area contributed by atoms with Gasteiger partial charge in [-0.25, -0.2) is 5.84 Å². The van der Waals surface area contributed by atoms with Crippen LogP contribution in [0.3, 0.4) is 0 Å². The molecule has 1 amide bonds. The van der Waals surface area contributed by atoms with Gasteiger partial charge in [0.2, 0.25) is 5.91 Å². The van der Waals surface area contributed by atoms with Crippen molar-refractivity contribution in [2.75, 3.05) is 0 Å². The number of rotatable bonds is 4. The molecule has 0 fully saturated rings. The Hall–Kier alpha value is -1.79. The van der Waals surface area contributed by atoms with Crippen LogP contribution in [0, 0.1) is 0 Å². The fourth-order valence-corrected chi connectivity index (χ4v) is 1.55. The molecule has 1 rings (SSSR count). The van der Waals surface area contributed by atoms with Gasteiger partial charge in [-0.15, -0.1) is 0 Å². The summed E-state index contributed by atoms with van der Waals surface area (Å²) in [5.74, 6) is 9.56. The second-order valence-corrected chi connectivity index (χ2v) is 3.87. The lowest BCUT2D eigenvalue weighted by Crippen LogP contribution is -2.34. The molecule has 0 aliphatic heterocycles. The number of amidine groups is 1. The van der Waals surface area contributed by atoms with Crippen molar-refractivity contribution in [2.24, 2.45) is 22.5 Å². The molecule has 1 unspecified atom stereocenters. The van der Waals surface area contributed by atoms with Crippen LogP contribution in [-0.4, -0.2) is 11.7 Å². The van der Waals surface area contributed by atoms with Crippen molar-refractivity contribution in [1.82, 2.24) is 5.43 Å². The summed E-state index contributed by atoms with van der Waals surface area (Å²) in [4.78, 5) is 11.3. The first kappa shape index (κ1) is 13.3. The number of nitrogens with zero attached hydrogens (tertiary/aromatic N) is 1. The van der Waals surface area contributed by atoms with Crippen molar-refractivity contribution in [3.8, 4) is 0 Å². The Morgan fingerprint density at radius 1 is 1.41 bits per heavy atom. The normalized spacial score (nSPS) is 13.2. The minimum absolute atomic E-state index is 0.0741. The van der Waals surface area contributed by atoms with Gasteiger partial charge in [0.25, 0.3) is 0 Å². The molecule has 17 heavy (non-hydrogen) atoms. The number of nitrogens with one attached hydrogen (secondary N) is 1. The van der Waals surface area contributed by atoms with Crippen LogP contribution in [0.5, 0.6) is 0 Å². The van der Waals surface area contributed by atoms with Crippen LogP contribution < -0.4 is 22.8 Å². The van der Waals surface area contributed by atoms with Gasteiger partial charge in [0.1, 0.15) is 5.84 Å². The highest BCUT2D eigenvalue weighted by atomic mass is 35.5. The summed E-state index contributed by atoms with van der Waals surface area (Å²) < 4.78 is 0. The van der Waals surface area contributed by atoms with Crippen LogP contribution in [0.25, 0.3) is 0 Å². The van der Waals surface area contributed by atoms with Crippen LogP contribution in [0.4, 0.5) is 0 Å². The molecule has 0 spiro atoms. The third-order valence-corrected chi connectivity index (χ3v) is 2.58. The lowest BCUT2D eigenvalue weighted by atomic mass is 9.94. The summed E-state index contributed by atoms with van der Waals surface area (Å²) in [5.41, 5.74) is 8.50. The van der Waals surface area contributed by atoms with Gasteiger partial charge in [-0.2, -0.15) is 5.10 Å². The van der Waals surface area contributed by atoms with Gasteiger partial charge < -0.3 is 11.6 Å². The Balaban J connectivity index is 2.98. The van der Waals surface area contributed by atoms with E-state index < -0.39 is 5.92 Å². The van der Waals surface area contributed by atoms with E-state index in [0.717, 1.165) is 5.56 Å². The van der Waals surface area contributed by atoms with E-state index in [2.05, 4.69) is 5.10 Å². The summed E-state index contributed by atoms with van der Waals surface area (Å²) in [6.45, 7) is 0. The van der Waals surface area contributed by atoms with E-state index in [0.29, 0.717) is 5.02 Å². The third kappa shape index (κ3) is 3.61. The highest BCUT2D eigenvalue weighted by Crippen LogP contribution is 2.21. The van der Waals surface area contributed by atoms with Gasteiger partial charge in [-0.1, -0.05) is 23.7 Å². The molecule has 7 heteroatoms. The van der Waals surface area contributed by atoms with E-state index in [-0.39, 0.29) is 18.2 Å². The zero-order chi connectivity index (χ0) is 12.8. The summed E-state index contributed by atoms with van der Waals surface area (Å²) >= 11 is 5.78. The van der Waals surface area contributed by atoms with E-state index >= 15 is 0 Å². The van der Waals surface area contributed by atoms with E-state index in [1.807, 2.05) is 5.43 Å². The summed E-state index contributed by atoms with van der Waals surface area (Å²) in [7, 11) is 0. The Bertz CT molecular complexity index is 417. The number of hydrogen-bond donors (Lipinski definition) is 4. The second kappa shape index (κ2) is 6.07. The van der Waals surface area contributed by atoms with Crippen molar-refractivity contribution in [3.63, 3.8) is 0 Å². The Labute approximate surface area is 104 Å². The molecule has 7 N–H and O–H groups in total. The van der Waals surface area contributed by atoms with E-state index in [1.165, 1.54) is 0 Å². The molecule has 0 saturated carbocycles. The largest absolute Gasteiger partial charge is 0.385 e. The van der Waals surface area contributed by atoms with Crippen LogP contribution in [0.1, 0.15) is 17.9 Å². The fourth-order valence-electron chi connectivity index (χ4n) is 1.42. The van der Waals surface area contributed by atoms with Crippen molar-refractivity contribution in [1.29, 1.82) is 0 Å². The fraction of sp³-hybridized carbons (Fsp3) is 0.200. The molecular weight excluding hydrogens is 242 g/mol. The molecule has 1 aromatic carbocycles. The molecule has 0 heterocycles. The quantitative estimate of drug-likeness (QED) is 0.200. The molecule has 92 valence electrons. The number of halogens is 1. The molecule has 0 radical (unpaired) electrons. The number of amides is 1. The first-order valence-electron chi connectivity index (χ1n) is 4.86. The van der Waals surface area contributed by atoms with Gasteiger partial charge in [0, 0.05) is 11.4 Å². The number of hydrazine groups is 1. The number of hydrogen-bond acceptors (Lipinski definition) is 4. The summed E-state index contributed by atoms with van der Waals surface area (Å²) in [6.07, 6.45) is 0.0741. The topological polar surface area (TPSA) is 120 Å². The number of benzene rings is 1. The maximum absolute atomic E-state index is 11.3. The monoisotopic (exact) mass is 255 g/mol. The van der Waals surface area contributed by atoms with E-state index in [1.54, 1.807) is 24.3 Å². The minimum atomic E-state index is -0.416. The standard InChI is InChI=1S/C10H14ClN5O/c11-7-3-1-6(2-4-7)8(10(12)16-14)5-9(17)15-13/h1-4,8H,5,13-14H2,(H2,12,16)(H,15,17). The number of hydrazone groups is 1. The average Bonchev–Trinajstić information content (AvgIpc) is 2.36. The van der Waals surface area contributed by atoms with Crippen LogP contribution in [-0.2, 0) is 4.79 Å². The van der Waals surface area contributed by atoms with Crippen LogP contribution in [0.15, 0.2) is 29.4 Å². The lowest BCUT2D eigenvalue weighted by Gasteiger charge is -2.15. The third-order valence-electron chi connectivity index (χ3n) is 2.33. The highest BCUT2D eigenvalue weighted by Gasteiger charge is 2.19. The van der Waals surface area contributed by atoms with E-state index in [4.69, 9.17) is 29.0 Å². The Morgan fingerprint density at radius 2 is 2.00 bits per heavy atom. The smallest absolute Gasteiger partial charge is 0.234 e. The first-order valence-corrected chi connectivity index (χ1v) is 5.24. The molecule has 0 aliphatic rings. The number of nitrogens with two attached hydrogens (primary N) is 3. The van der Waals surface area contributed by atoms with Gasteiger partial charge in [-0.05, 0) is 17.7 Å². The molecule has 0 aromatic heterocycles. The maximum Gasteiger partial charge on any atom is 0.234 e. The first-order chi connectivity index (χ1) is 8.08. The molecule has 0 aliphatic carbocycles. The number of carbonyl (C=O) groups is 1. The summed E-state index contributed by atoms with van der Waals surface area (Å²) in [5, 5.41) is 4.01. The van der Waals surface area contributed by atoms with Crippen molar-refractivity contribution in [2.45, 2.75) is 12.3 Å². The molecular formula is C10H14ClN5O. The molecule has 0 bridgehead atoms. The molecule has 6 nitrogen and oxygen atoms in total. The van der Waals surface area contributed by atoms with E-state index in [9.17, 15) is 4.79 Å². The minimum Gasteiger partial charge on any atom is -0.385 e. The highest BCUT2D eigenvalue weighted by molar-refractivity contribution is 6.30. The van der Waals surface area contributed by atoms with Crippen LogP contribution in [0.2, 0.25) is 5.02 Å². The zero-order valence-corrected chi connectivity index (χ0v) is 9.82. The van der Waals surface area contributed by atoms with Crippen molar-refractivity contribution in [3.05, 3.63) is 34.9 Å². The van der Waals surface area contributed by atoms with Gasteiger partial charge >= 0.3 is 0 Å². The lowest BCUT2D eigenvalue weighted by molar-refractivity contribution is -0.121. The zero-order valence-electron chi connectivity index (χ0n) is 9.06. The summed E-state index contributed by atoms with van der Waals surface area (Å²) in [6, 6.07) is 6.92. The Kier molecular flexibility index (Phi) is 4.74. The molecule has 1 atom stereocenters. The molecule has 0 saturated heterocycles. The van der Waals surface area contributed by atoms with Crippen LogP contribution >= 0.6 is 11.6 Å². The molecule has 1 aromatic rings. The van der Waals surface area contributed by atoms with Crippen molar-refractivity contribution >= 4 is 23.3 Å². The predicted molar refractivity (Wildman–Crippen MR) is 66.9 cm³/mol. The van der Waals surface area contributed by atoms with Gasteiger partial charge in [-0.3, -0.25) is 10.2 Å². The van der Waals surface area contributed by atoms with Gasteiger partial charge in [0.15, 0.2) is 0 Å². The predicted octanol–water partition coefficient (Wildman–Crippen LogP) is 0.0345. The van der Waals surface area contributed by atoms with Crippen molar-refractivity contribution < 1.29 is 4.79 Å². The SMILES string of the molecule is N/N=C(/N)C(CC(=O)NN)c1ccc(Cl)cc1. The maximum atomic E-state index is 11.3. The second-order valence-electron chi connectivity index (χ2n) is 3.43. The number of carbonyl (C=O) groups excluding carboxylic acids is 1. The van der Waals surface area contributed by atoms with Gasteiger partial charge in [0.05, 0.1) is 5.92 Å². The Morgan fingerprint density at radius 3 is 2.47 bits per heavy atom.